The molecule has 1 saturated carbocycles. The van der Waals surface area contributed by atoms with Crippen LogP contribution in [0.5, 0.6) is 5.75 Å². The van der Waals surface area contributed by atoms with E-state index >= 15 is 0 Å². The van der Waals surface area contributed by atoms with E-state index in [1.807, 2.05) is 0 Å². The summed E-state index contributed by atoms with van der Waals surface area (Å²) in [6, 6.07) is 1.42. The van der Waals surface area contributed by atoms with Gasteiger partial charge in [-0.15, -0.1) is 0 Å². The van der Waals surface area contributed by atoms with Crippen LogP contribution in [0.4, 0.5) is 5.69 Å². The minimum absolute atomic E-state index is 0.109. The Hall–Kier alpha value is -3.78. The topological polar surface area (TPSA) is 237 Å². The van der Waals surface area contributed by atoms with Gasteiger partial charge in [-0.1, -0.05) is 13.0 Å². The van der Waals surface area contributed by atoms with Gasteiger partial charge in [0.05, 0.1) is 35.9 Å². The molecule has 3 aliphatic carbocycles. The molecule has 1 fully saturated rings. The number of nitrogens with two attached hydrogens (primary N) is 2. The maximum atomic E-state index is 13.9. The summed E-state index contributed by atoms with van der Waals surface area (Å²) in [5.74, 6) is -10.5. The van der Waals surface area contributed by atoms with E-state index in [9.17, 15) is 44.7 Å². The van der Waals surface area contributed by atoms with Crippen LogP contribution in [0.25, 0.3) is 5.76 Å². The Balaban J connectivity index is 2.01. The zero-order valence-corrected chi connectivity index (χ0v) is 20.2. The van der Waals surface area contributed by atoms with Crippen LogP contribution in [0.3, 0.4) is 0 Å². The van der Waals surface area contributed by atoms with Crippen LogP contribution in [-0.4, -0.2) is 92.2 Å². The number of likely N-dealkylation sites (N-methyl/N-ethyl adjacent to an activating group) is 1. The molecule has 0 bridgehead atoms. The monoisotopic (exact) mass is 516 g/mol. The van der Waals surface area contributed by atoms with Crippen molar-refractivity contribution in [2.75, 3.05) is 26.0 Å². The van der Waals surface area contributed by atoms with E-state index in [0.717, 1.165) is 0 Å². The number of ketones is 2. The zero-order valence-electron chi connectivity index (χ0n) is 20.2. The second kappa shape index (κ2) is 8.66. The van der Waals surface area contributed by atoms with E-state index in [1.54, 1.807) is 6.92 Å². The highest BCUT2D eigenvalue weighted by Gasteiger charge is 2.68. The summed E-state index contributed by atoms with van der Waals surface area (Å²) < 4.78 is 0. The van der Waals surface area contributed by atoms with Crippen molar-refractivity contribution in [1.82, 2.24) is 4.90 Å². The predicted molar refractivity (Wildman–Crippen MR) is 128 cm³/mol. The minimum atomic E-state index is -3.00. The molecule has 37 heavy (non-hydrogen) atoms. The number of aromatic hydroxyl groups is 1. The Morgan fingerprint density at radius 3 is 2.32 bits per heavy atom. The Morgan fingerprint density at radius 2 is 1.78 bits per heavy atom. The molecule has 3 aliphatic rings. The summed E-state index contributed by atoms with van der Waals surface area (Å²) in [6.45, 7) is 1.22. The number of primary amides is 1. The summed E-state index contributed by atoms with van der Waals surface area (Å²) in [5, 5.41) is 58.5. The molecule has 2 amide bonds. The minimum Gasteiger partial charge on any atom is -0.508 e. The highest BCUT2D eigenvalue weighted by Crippen LogP contribution is 2.56. The van der Waals surface area contributed by atoms with Crippen molar-refractivity contribution < 1.29 is 44.7 Å². The van der Waals surface area contributed by atoms with Gasteiger partial charge in [0, 0.05) is 11.5 Å². The summed E-state index contributed by atoms with van der Waals surface area (Å²) in [5.41, 5.74) is 6.05. The number of anilines is 1. The van der Waals surface area contributed by atoms with Gasteiger partial charge in [0.2, 0.25) is 11.7 Å². The Morgan fingerprint density at radius 1 is 1.16 bits per heavy atom. The number of Topliss-reactive ketones (excluding diaryl/α,β-unsaturated/α-hetero) is 2. The molecule has 1 aromatic carbocycles. The van der Waals surface area contributed by atoms with E-state index in [4.69, 9.17) is 11.5 Å². The average Bonchev–Trinajstić information content (AvgIpc) is 2.82. The quantitative estimate of drug-likeness (QED) is 0.167. The third-order valence-electron chi connectivity index (χ3n) is 7.59. The number of benzene rings is 1. The summed E-state index contributed by atoms with van der Waals surface area (Å²) in [4.78, 5) is 52.1. The number of carbonyl (C=O) groups is 4. The van der Waals surface area contributed by atoms with Crippen LogP contribution < -0.4 is 16.8 Å². The number of aliphatic hydroxyl groups is 4. The molecule has 13 heteroatoms. The van der Waals surface area contributed by atoms with Gasteiger partial charge in [0.25, 0.3) is 5.91 Å². The molecule has 13 nitrogen and oxygen atoms in total. The average molecular weight is 517 g/mol. The van der Waals surface area contributed by atoms with Gasteiger partial charge in [0.15, 0.2) is 11.4 Å². The van der Waals surface area contributed by atoms with E-state index < -0.39 is 87.3 Å². The van der Waals surface area contributed by atoms with Gasteiger partial charge >= 0.3 is 0 Å². The normalized spacial score (nSPS) is 31.2. The smallest absolute Gasteiger partial charge is 0.255 e. The highest BCUT2D eigenvalue weighted by atomic mass is 16.4. The van der Waals surface area contributed by atoms with Crippen molar-refractivity contribution in [2.45, 2.75) is 30.6 Å². The van der Waals surface area contributed by atoms with Gasteiger partial charge in [-0.3, -0.25) is 24.1 Å². The predicted octanol–water partition coefficient (Wildman–Crippen LogP) is -1.61. The number of hydrogen-bond acceptors (Lipinski definition) is 11. The van der Waals surface area contributed by atoms with Crippen molar-refractivity contribution >= 4 is 34.8 Å². The fourth-order valence-corrected chi connectivity index (χ4v) is 5.92. The van der Waals surface area contributed by atoms with E-state index in [2.05, 4.69) is 5.32 Å². The lowest BCUT2D eigenvalue weighted by Gasteiger charge is -2.53. The first kappa shape index (κ1) is 26.3. The van der Waals surface area contributed by atoms with Crippen molar-refractivity contribution in [3.8, 4) is 5.75 Å². The molecular formula is C24H28N4O9. The molecule has 0 saturated heterocycles. The van der Waals surface area contributed by atoms with Crippen LogP contribution in [0.15, 0.2) is 29.0 Å². The Bertz CT molecular complexity index is 1320. The molecule has 6 atom stereocenters. The van der Waals surface area contributed by atoms with Crippen LogP contribution >= 0.6 is 0 Å². The fourth-order valence-electron chi connectivity index (χ4n) is 5.92. The fraction of sp³-hybridized carbons (Fsp3) is 0.417. The maximum Gasteiger partial charge on any atom is 0.255 e. The first-order valence-electron chi connectivity index (χ1n) is 11.4. The second-order valence-electron chi connectivity index (χ2n) is 9.73. The molecular weight excluding hydrogens is 488 g/mol. The number of carbonyl (C=O) groups excluding carboxylic acids is 4. The van der Waals surface area contributed by atoms with E-state index in [1.165, 1.54) is 31.1 Å². The molecule has 0 aliphatic heterocycles. The number of rotatable bonds is 4. The molecule has 0 heterocycles. The number of aliphatic hydroxyl groups excluding tert-OH is 3. The Kier molecular flexibility index (Phi) is 6.15. The highest BCUT2D eigenvalue weighted by molar-refractivity contribution is 6.24. The lowest BCUT2D eigenvalue weighted by molar-refractivity contribution is -0.169. The van der Waals surface area contributed by atoms with Gasteiger partial charge in [-0.25, -0.2) is 0 Å². The first-order chi connectivity index (χ1) is 17.2. The van der Waals surface area contributed by atoms with Crippen LogP contribution in [0.1, 0.15) is 24.0 Å². The Labute approximate surface area is 210 Å². The van der Waals surface area contributed by atoms with E-state index in [-0.39, 0.29) is 17.8 Å². The number of nitrogens with one attached hydrogen (secondary N) is 1. The van der Waals surface area contributed by atoms with Crippen molar-refractivity contribution in [3.05, 3.63) is 40.2 Å². The standard InChI is InChI=1S/C24H28N4O9/c1-7-8-4-5-9(27-10(29)6-25)17(30)12(8)18(31)13-11(7)19(32)15-16(28(2)3)20(33)14(23(26)36)22(35)24(15,37)21(13)34/h4-5,7,11,15-16,19,30-32,35,37H,6,25H2,1-3H3,(H2,26,36)(H,27,29)/t7-,11+,15+,16-,19-,24-/m0/s1. The third kappa shape index (κ3) is 3.39. The van der Waals surface area contributed by atoms with Crippen LogP contribution in [0, 0.1) is 11.8 Å². The second-order valence-corrected chi connectivity index (χ2v) is 9.73. The molecule has 198 valence electrons. The first-order valence-corrected chi connectivity index (χ1v) is 11.4. The van der Waals surface area contributed by atoms with Gasteiger partial charge in [-0.05, 0) is 31.6 Å². The number of phenols is 1. The van der Waals surface area contributed by atoms with Crippen molar-refractivity contribution in [3.63, 3.8) is 0 Å². The number of fused-ring (bicyclic) bond motifs is 3. The molecule has 0 unspecified atom stereocenters. The molecule has 0 spiro atoms. The van der Waals surface area contributed by atoms with Crippen LogP contribution in [0.2, 0.25) is 0 Å². The third-order valence-corrected chi connectivity index (χ3v) is 7.59. The summed E-state index contributed by atoms with van der Waals surface area (Å²) in [7, 11) is 2.86. The summed E-state index contributed by atoms with van der Waals surface area (Å²) >= 11 is 0. The van der Waals surface area contributed by atoms with Gasteiger partial charge < -0.3 is 42.3 Å². The van der Waals surface area contributed by atoms with Crippen molar-refractivity contribution in [1.29, 1.82) is 0 Å². The van der Waals surface area contributed by atoms with E-state index in [0.29, 0.717) is 5.56 Å². The lowest BCUT2D eigenvalue weighted by atomic mass is 9.54. The van der Waals surface area contributed by atoms with Crippen molar-refractivity contribution in [2.24, 2.45) is 23.3 Å². The molecule has 0 aromatic heterocycles. The maximum absolute atomic E-state index is 13.9. The number of amides is 2. The molecule has 4 rings (SSSR count). The largest absolute Gasteiger partial charge is 0.508 e. The molecule has 0 radical (unpaired) electrons. The SMILES string of the molecule is C[C@H]1c2ccc(NC(=O)CN)c(O)c2C(O)=C2C(=O)[C@]3(O)C(O)=C(C(N)=O)C(=O)[C@@H](N(C)C)[C@@H]3[C@@H](O)[C@@H]21. The molecule has 1 aromatic rings. The lowest BCUT2D eigenvalue weighted by Crippen LogP contribution is -2.70. The zero-order chi connectivity index (χ0) is 27.7. The van der Waals surface area contributed by atoms with Gasteiger partial charge in [0.1, 0.15) is 22.8 Å². The number of hydrogen-bond donors (Lipinski definition) is 8. The molecule has 10 N–H and O–H groups in total. The van der Waals surface area contributed by atoms with Crippen LogP contribution in [-0.2, 0) is 19.2 Å². The summed E-state index contributed by atoms with van der Waals surface area (Å²) in [6.07, 6.45) is -1.69. The number of nitrogens with zero attached hydrogens (tertiary/aromatic N) is 1. The number of phenolic OH excluding ortho intramolecular Hbond substituents is 1. The van der Waals surface area contributed by atoms with Gasteiger partial charge in [-0.2, -0.15) is 0 Å².